The number of hydrogen-bond acceptors (Lipinski definition) is 2. The second-order valence-electron chi connectivity index (χ2n) is 15.0. The molecule has 4 unspecified atom stereocenters. The molecule has 4 nitrogen and oxygen atoms in total. The van der Waals surface area contributed by atoms with Crippen molar-refractivity contribution in [3.05, 3.63) is 121 Å². The van der Waals surface area contributed by atoms with Gasteiger partial charge in [0, 0.05) is 38.4 Å². The highest BCUT2D eigenvalue weighted by molar-refractivity contribution is 6.95. The second kappa shape index (κ2) is 7.68. The number of ether oxygens (including phenoxy) is 2. The number of fused-ring (bicyclic) bond motifs is 3. The summed E-state index contributed by atoms with van der Waals surface area (Å²) in [6.07, 6.45) is -0.151. The van der Waals surface area contributed by atoms with Crippen molar-refractivity contribution in [2.75, 3.05) is 0 Å². The summed E-state index contributed by atoms with van der Waals surface area (Å²) in [5.74, 6) is 2.38. The number of benzene rings is 6. The van der Waals surface area contributed by atoms with Gasteiger partial charge in [0.25, 0.3) is 0 Å². The third-order valence-electron chi connectivity index (χ3n) is 13.3. The lowest BCUT2D eigenvalue weighted by Crippen LogP contribution is -2.69. The first-order valence-electron chi connectivity index (χ1n) is 17.5. The van der Waals surface area contributed by atoms with Crippen LogP contribution in [0.25, 0.3) is 54.7 Å². The molecule has 6 aliphatic rings. The van der Waals surface area contributed by atoms with E-state index in [4.69, 9.17) is 9.47 Å². The second-order valence-corrected chi connectivity index (χ2v) is 15.0. The minimum Gasteiger partial charge on any atom is -0.486 e. The fourth-order valence-corrected chi connectivity index (χ4v) is 12.0. The van der Waals surface area contributed by atoms with Crippen molar-refractivity contribution in [1.29, 1.82) is 0 Å². The van der Waals surface area contributed by atoms with E-state index in [2.05, 4.69) is 130 Å². The topological polar surface area (TPSA) is 28.3 Å². The maximum Gasteiger partial charge on any atom is 0.223 e. The molecular formula is C42H26B2N2O2. The van der Waals surface area contributed by atoms with E-state index >= 15 is 0 Å². The summed E-state index contributed by atoms with van der Waals surface area (Å²) < 4.78 is 20.6. The first kappa shape index (κ1) is 23.9. The van der Waals surface area contributed by atoms with Gasteiger partial charge in [0.1, 0.15) is 23.7 Å². The fourth-order valence-electron chi connectivity index (χ4n) is 12.0. The van der Waals surface area contributed by atoms with E-state index in [1.54, 1.807) is 10.9 Å². The molecular weight excluding hydrogens is 586 g/mol. The smallest absolute Gasteiger partial charge is 0.223 e. The van der Waals surface area contributed by atoms with Gasteiger partial charge in [-0.05, 0) is 40.0 Å². The molecule has 8 aromatic rings. The van der Waals surface area contributed by atoms with Crippen molar-refractivity contribution in [2.45, 2.75) is 35.9 Å². The van der Waals surface area contributed by atoms with Crippen LogP contribution in [0, 0.1) is 0 Å². The number of hydrogen-bond donors (Lipinski definition) is 0. The molecule has 1 aliphatic carbocycles. The van der Waals surface area contributed by atoms with Crippen LogP contribution in [0.3, 0.4) is 0 Å². The van der Waals surface area contributed by atoms with Gasteiger partial charge in [-0.1, -0.05) is 120 Å². The van der Waals surface area contributed by atoms with Gasteiger partial charge in [-0.25, -0.2) is 0 Å². The van der Waals surface area contributed by atoms with Gasteiger partial charge in [-0.15, -0.1) is 0 Å². The van der Waals surface area contributed by atoms with Crippen LogP contribution in [0.2, 0.25) is 11.6 Å². The summed E-state index contributed by atoms with van der Waals surface area (Å²) in [4.78, 5) is 0. The third-order valence-corrected chi connectivity index (χ3v) is 13.3. The van der Waals surface area contributed by atoms with E-state index in [1.165, 1.54) is 65.7 Å². The van der Waals surface area contributed by atoms with E-state index in [9.17, 15) is 0 Å². The number of nitrogens with zero attached hydrogens (tertiary/aromatic N) is 2. The van der Waals surface area contributed by atoms with Gasteiger partial charge in [-0.3, -0.25) is 0 Å². The lowest BCUT2D eigenvalue weighted by molar-refractivity contribution is -0.00862. The molecule has 2 aromatic heterocycles. The molecule has 0 spiro atoms. The summed E-state index contributed by atoms with van der Waals surface area (Å²) in [6, 6.07) is 45.7. The summed E-state index contributed by atoms with van der Waals surface area (Å²) in [5, 5.41) is 5.37. The van der Waals surface area contributed by atoms with Crippen molar-refractivity contribution in [3.8, 4) is 22.6 Å². The van der Waals surface area contributed by atoms with Gasteiger partial charge in [0.15, 0.2) is 0 Å². The monoisotopic (exact) mass is 612 g/mol. The lowest BCUT2D eigenvalue weighted by atomic mass is 9.24. The summed E-state index contributed by atoms with van der Waals surface area (Å²) in [6.45, 7) is 0.408. The number of rotatable bonds is 3. The Morgan fingerprint density at radius 3 is 1.46 bits per heavy atom. The van der Waals surface area contributed by atoms with E-state index in [0.29, 0.717) is 12.5 Å². The van der Waals surface area contributed by atoms with Gasteiger partial charge in [0.05, 0.1) is 23.1 Å². The highest BCUT2D eigenvalue weighted by atomic mass is 16.5. The largest absolute Gasteiger partial charge is 0.486 e. The van der Waals surface area contributed by atoms with Crippen LogP contribution in [0.5, 0.6) is 11.5 Å². The Hall–Kier alpha value is -5.35. The predicted molar refractivity (Wildman–Crippen MR) is 195 cm³/mol. The van der Waals surface area contributed by atoms with Crippen molar-refractivity contribution in [2.24, 2.45) is 0 Å². The Morgan fingerprint density at radius 1 is 0.479 bits per heavy atom. The fraction of sp³-hybridized carbons (Fsp3) is 0.143. The molecule has 6 aromatic carbocycles. The Labute approximate surface area is 276 Å². The van der Waals surface area contributed by atoms with Crippen molar-refractivity contribution < 1.29 is 9.47 Å². The van der Waals surface area contributed by atoms with Crippen LogP contribution in [0.4, 0.5) is 0 Å². The van der Waals surface area contributed by atoms with Gasteiger partial charge >= 0.3 is 0 Å². The van der Waals surface area contributed by atoms with E-state index < -0.39 is 0 Å². The zero-order valence-corrected chi connectivity index (χ0v) is 25.9. The van der Waals surface area contributed by atoms with Crippen LogP contribution in [-0.4, -0.2) is 34.8 Å². The molecule has 0 saturated heterocycles. The molecule has 0 N–H and O–H groups in total. The maximum absolute atomic E-state index is 7.51. The number of aromatic nitrogens is 2. The van der Waals surface area contributed by atoms with Crippen LogP contribution in [0.1, 0.15) is 12.1 Å². The summed E-state index contributed by atoms with van der Waals surface area (Å²) in [5.41, 5.74) is 14.0. The van der Waals surface area contributed by atoms with Crippen LogP contribution in [-0.2, 0) is 0 Å². The van der Waals surface area contributed by atoms with Gasteiger partial charge < -0.3 is 18.6 Å². The Morgan fingerprint density at radius 2 is 0.958 bits per heavy atom. The molecule has 5 aliphatic heterocycles. The van der Waals surface area contributed by atoms with Crippen LogP contribution >= 0.6 is 0 Å². The quantitative estimate of drug-likeness (QED) is 0.223. The first-order chi connectivity index (χ1) is 23.9. The van der Waals surface area contributed by atoms with Gasteiger partial charge in [-0.2, -0.15) is 0 Å². The maximum atomic E-state index is 7.51. The molecule has 6 heteroatoms. The van der Waals surface area contributed by atoms with Gasteiger partial charge in [0.2, 0.25) is 13.4 Å². The molecule has 222 valence electrons. The zero-order valence-electron chi connectivity index (χ0n) is 25.9. The third kappa shape index (κ3) is 2.36. The molecule has 7 heterocycles. The highest BCUT2D eigenvalue weighted by Crippen LogP contribution is 2.65. The molecule has 0 amide bonds. The van der Waals surface area contributed by atoms with E-state index in [-0.39, 0.29) is 36.8 Å². The summed E-state index contributed by atoms with van der Waals surface area (Å²) >= 11 is 0. The normalized spacial score (nSPS) is 25.4. The highest BCUT2D eigenvalue weighted by Gasteiger charge is 2.67. The average Bonchev–Trinajstić information content (AvgIpc) is 3.78. The van der Waals surface area contributed by atoms with Crippen molar-refractivity contribution in [3.63, 3.8) is 0 Å². The van der Waals surface area contributed by atoms with Crippen molar-refractivity contribution in [1.82, 2.24) is 9.13 Å². The average molecular weight is 612 g/mol. The molecule has 0 radical (unpaired) electrons. The standard InChI is InChI=1S/C42H26B2N2O2/c1-3-9-21(10-4-1)43(22-11-5-2-6-12-22)34-41-39-33-40-42(34)48-30-16-8-14-26-28-20-18-24-23-17-19-27-25-13-7-15-29(47-41)35(25)45(39)37(27)31(23)44(33)32(24)38(28)46(40)36(26)30/h1-20,33-34,39-42H/t33-,34?,39+,40?,41?,42?/m1/s1. The van der Waals surface area contributed by atoms with Crippen molar-refractivity contribution >= 4 is 78.9 Å². The molecule has 6 atom stereocenters. The molecule has 1 fully saturated rings. The Bertz CT molecular complexity index is 2620. The molecule has 1 saturated carbocycles. The lowest BCUT2D eigenvalue weighted by Gasteiger charge is -2.59. The number of para-hydroxylation sites is 2. The molecule has 0 bridgehead atoms. The summed E-state index contributed by atoms with van der Waals surface area (Å²) in [7, 11) is 0. The van der Waals surface area contributed by atoms with Crippen LogP contribution < -0.4 is 31.3 Å². The Kier molecular flexibility index (Phi) is 3.82. The molecule has 48 heavy (non-hydrogen) atoms. The molecule has 14 rings (SSSR count). The first-order valence-corrected chi connectivity index (χ1v) is 17.5. The zero-order chi connectivity index (χ0) is 30.6. The minimum absolute atomic E-state index is 0.0543. The van der Waals surface area contributed by atoms with E-state index in [0.717, 1.165) is 11.5 Å². The predicted octanol–water partition coefficient (Wildman–Crippen LogP) is 6.19. The van der Waals surface area contributed by atoms with Crippen LogP contribution in [0.15, 0.2) is 121 Å². The Balaban J connectivity index is 1.19. The minimum atomic E-state index is -0.0757. The SMILES string of the molecule is c1ccc(B(c2ccccc2)C2C3Oc4cccc5c6ccc7c8c6n(c45)C3[C@@H]3B8c4c-7ccc5c6cccc7c6n(c45)[C@@H]3C2O7)cc1. The van der Waals surface area contributed by atoms with E-state index in [1.807, 2.05) is 0 Å².